The van der Waals surface area contributed by atoms with E-state index in [1.54, 1.807) is 0 Å². The molecule has 4 nitrogen and oxygen atoms in total. The average molecular weight is 558 g/mol. The monoisotopic (exact) mass is 557 g/mol. The highest BCUT2D eigenvalue weighted by Gasteiger charge is 2.22. The minimum atomic E-state index is 0.386. The van der Waals surface area contributed by atoms with Gasteiger partial charge >= 0.3 is 0 Å². The Morgan fingerprint density at radius 2 is 1.37 bits per heavy atom. The van der Waals surface area contributed by atoms with E-state index in [0.29, 0.717) is 11.9 Å². The van der Waals surface area contributed by atoms with Crippen LogP contribution in [0.1, 0.15) is 101 Å². The first-order valence-electron chi connectivity index (χ1n) is 16.7. The van der Waals surface area contributed by atoms with Gasteiger partial charge in [0.15, 0.2) is 0 Å². The molecule has 1 unspecified atom stereocenters. The normalized spacial score (nSPS) is 21.3. The Bertz CT molecular complexity index is 950. The summed E-state index contributed by atoms with van der Waals surface area (Å²) in [7, 11) is 0. The van der Waals surface area contributed by atoms with Crippen LogP contribution in [-0.4, -0.2) is 59.4 Å². The number of hydrogen-bond acceptors (Lipinski definition) is 3. The van der Waals surface area contributed by atoms with Crippen molar-refractivity contribution in [2.24, 2.45) is 0 Å². The minimum Gasteiger partial charge on any atom is -0.343 e. The van der Waals surface area contributed by atoms with Crippen LogP contribution in [-0.2, 0) is 17.9 Å². The summed E-state index contributed by atoms with van der Waals surface area (Å²) in [5, 5.41) is 0. The number of unbranched alkanes of at least 4 members (excludes halogenated alkanes) is 1. The predicted octanol–water partition coefficient (Wildman–Crippen LogP) is 8.23. The third-order valence-corrected chi connectivity index (χ3v) is 8.96. The van der Waals surface area contributed by atoms with Gasteiger partial charge in [-0.15, -0.1) is 0 Å². The molecule has 2 aliphatic rings. The van der Waals surface area contributed by atoms with E-state index in [0.717, 1.165) is 71.4 Å². The molecule has 1 fully saturated rings. The lowest BCUT2D eigenvalue weighted by Gasteiger charge is -2.36. The van der Waals surface area contributed by atoms with Gasteiger partial charge in [-0.2, -0.15) is 0 Å². The molecule has 2 aliphatic heterocycles. The van der Waals surface area contributed by atoms with Crippen LogP contribution in [0.15, 0.2) is 72.8 Å². The van der Waals surface area contributed by atoms with Crippen molar-refractivity contribution in [3.05, 3.63) is 83.9 Å². The summed E-state index contributed by atoms with van der Waals surface area (Å²) in [6, 6.07) is 22.3. The molecule has 4 rings (SSSR count). The van der Waals surface area contributed by atoms with Crippen LogP contribution in [0.5, 0.6) is 0 Å². The van der Waals surface area contributed by atoms with Gasteiger partial charge in [0.25, 0.3) is 0 Å². The Kier molecular flexibility index (Phi) is 14.5. The Labute approximate surface area is 250 Å². The number of nitrogens with zero attached hydrogens (tertiary/aromatic N) is 3. The van der Waals surface area contributed by atoms with Crippen LogP contribution in [0.2, 0.25) is 0 Å². The number of benzene rings is 2. The second-order valence-corrected chi connectivity index (χ2v) is 12.3. The Morgan fingerprint density at radius 3 is 2.12 bits per heavy atom. The lowest BCUT2D eigenvalue weighted by Crippen LogP contribution is -2.41. The number of rotatable bonds is 9. The lowest BCUT2D eigenvalue weighted by atomic mass is 9.98. The van der Waals surface area contributed by atoms with E-state index in [-0.39, 0.29) is 0 Å². The van der Waals surface area contributed by atoms with Crippen LogP contribution in [0.25, 0.3) is 0 Å². The largest absolute Gasteiger partial charge is 0.343 e. The molecular weight excluding hydrogens is 502 g/mol. The number of fused-ring (bicyclic) bond motifs is 1. The van der Waals surface area contributed by atoms with Gasteiger partial charge in [0.1, 0.15) is 0 Å². The molecule has 41 heavy (non-hydrogen) atoms. The summed E-state index contributed by atoms with van der Waals surface area (Å²) >= 11 is 0. The average Bonchev–Trinajstić information content (AvgIpc) is 3.00. The number of carbonyl (C=O) groups excluding carboxylic acids is 1. The van der Waals surface area contributed by atoms with Crippen molar-refractivity contribution < 1.29 is 4.79 Å². The van der Waals surface area contributed by atoms with Crippen molar-refractivity contribution >= 4 is 5.91 Å². The highest BCUT2D eigenvalue weighted by Crippen LogP contribution is 2.21. The van der Waals surface area contributed by atoms with Gasteiger partial charge in [0, 0.05) is 45.2 Å². The second kappa shape index (κ2) is 18.9. The van der Waals surface area contributed by atoms with Crippen LogP contribution < -0.4 is 0 Å². The highest BCUT2D eigenvalue weighted by atomic mass is 16.2. The summed E-state index contributed by atoms with van der Waals surface area (Å²) in [4.78, 5) is 20.9. The van der Waals surface area contributed by atoms with Crippen LogP contribution in [0, 0.1) is 0 Å². The molecule has 224 valence electrons. The molecule has 0 N–H and O–H groups in total. The van der Waals surface area contributed by atoms with Gasteiger partial charge < -0.3 is 9.80 Å². The van der Waals surface area contributed by atoms with E-state index >= 15 is 0 Å². The summed E-state index contributed by atoms with van der Waals surface area (Å²) in [5.74, 6) is 0.386. The smallest absolute Gasteiger partial charge is 0.222 e. The van der Waals surface area contributed by atoms with Gasteiger partial charge in [0.2, 0.25) is 5.91 Å². The van der Waals surface area contributed by atoms with E-state index in [1.165, 1.54) is 75.5 Å². The molecule has 2 aromatic carbocycles. The van der Waals surface area contributed by atoms with Crippen LogP contribution in [0.4, 0.5) is 0 Å². The van der Waals surface area contributed by atoms with Crippen LogP contribution >= 0.6 is 0 Å². The highest BCUT2D eigenvalue weighted by molar-refractivity contribution is 5.76. The molecule has 1 amide bonds. The summed E-state index contributed by atoms with van der Waals surface area (Å²) in [5.41, 5.74) is 2.73. The fourth-order valence-corrected chi connectivity index (χ4v) is 6.58. The zero-order valence-electron chi connectivity index (χ0n) is 25.6. The molecule has 2 heterocycles. The fourth-order valence-electron chi connectivity index (χ4n) is 6.58. The summed E-state index contributed by atoms with van der Waals surface area (Å²) < 4.78 is 0. The zero-order chi connectivity index (χ0) is 28.4. The predicted molar refractivity (Wildman–Crippen MR) is 173 cm³/mol. The van der Waals surface area contributed by atoms with E-state index in [9.17, 15) is 4.79 Å². The number of allylic oxidation sites excluding steroid dienone is 1. The van der Waals surface area contributed by atoms with Crippen molar-refractivity contribution in [2.75, 3.05) is 32.7 Å². The molecule has 1 saturated heterocycles. The van der Waals surface area contributed by atoms with Gasteiger partial charge in [0.05, 0.1) is 0 Å². The van der Waals surface area contributed by atoms with Gasteiger partial charge in [-0.25, -0.2) is 0 Å². The van der Waals surface area contributed by atoms with Crippen molar-refractivity contribution in [3.63, 3.8) is 0 Å². The molecule has 4 heteroatoms. The lowest BCUT2D eigenvalue weighted by molar-refractivity contribution is -0.131. The molecule has 2 aromatic rings. The van der Waals surface area contributed by atoms with Crippen molar-refractivity contribution in [3.8, 4) is 0 Å². The zero-order valence-corrected chi connectivity index (χ0v) is 25.6. The first kappa shape index (κ1) is 31.5. The van der Waals surface area contributed by atoms with E-state index < -0.39 is 0 Å². The molecule has 0 saturated carbocycles. The van der Waals surface area contributed by atoms with Gasteiger partial charge in [-0.1, -0.05) is 98.5 Å². The molecule has 0 aromatic heterocycles. The van der Waals surface area contributed by atoms with E-state index in [2.05, 4.69) is 87.5 Å². The Morgan fingerprint density at radius 1 is 0.683 bits per heavy atom. The maximum Gasteiger partial charge on any atom is 0.222 e. The third-order valence-electron chi connectivity index (χ3n) is 8.96. The number of carbonyl (C=O) groups is 1. The summed E-state index contributed by atoms with van der Waals surface area (Å²) in [6.07, 6.45) is 21.4. The van der Waals surface area contributed by atoms with Crippen LogP contribution in [0.3, 0.4) is 0 Å². The SMILES string of the molecule is O=C1CCCCCCC/C=C/CC2CCCCN2CCCN1CCCCN(Cc1ccccc1)Cc1ccccc1. The van der Waals surface area contributed by atoms with E-state index in [1.807, 2.05) is 0 Å². The fraction of sp³-hybridized carbons (Fsp3) is 0.595. The first-order valence-corrected chi connectivity index (χ1v) is 16.7. The first-order chi connectivity index (χ1) is 20.3. The Hall–Kier alpha value is -2.43. The maximum atomic E-state index is 13.3. The standard InChI is InChI=1S/C37H55N3O/c41-37-26-14-6-4-2-1-3-5-13-24-36-25-15-16-28-39(36)30-19-31-40(37)29-18-17-27-38(32-34-20-9-7-10-21-34)33-35-22-11-8-12-23-35/h5,7-13,20-23,36H,1-4,6,14-19,24-33H2/b13-5+. The van der Waals surface area contributed by atoms with Crippen molar-refractivity contribution in [2.45, 2.75) is 109 Å². The maximum absolute atomic E-state index is 13.3. The molecular formula is C37H55N3O. The third kappa shape index (κ3) is 12.1. The van der Waals surface area contributed by atoms with Gasteiger partial charge in [-0.05, 0) is 82.0 Å². The quantitative estimate of drug-likeness (QED) is 0.229. The van der Waals surface area contributed by atoms with Gasteiger partial charge in [-0.3, -0.25) is 9.69 Å². The minimum absolute atomic E-state index is 0.386. The number of hydrogen-bond donors (Lipinski definition) is 0. The molecule has 0 bridgehead atoms. The summed E-state index contributed by atoms with van der Waals surface area (Å²) in [6.45, 7) is 7.14. The molecule has 0 radical (unpaired) electrons. The molecule has 0 aliphatic carbocycles. The second-order valence-electron chi connectivity index (χ2n) is 12.3. The number of piperidine rings is 1. The van der Waals surface area contributed by atoms with E-state index in [4.69, 9.17) is 0 Å². The van der Waals surface area contributed by atoms with Crippen molar-refractivity contribution in [1.82, 2.24) is 14.7 Å². The number of amides is 1. The molecule has 0 spiro atoms. The topological polar surface area (TPSA) is 26.8 Å². The molecule has 1 atom stereocenters. The van der Waals surface area contributed by atoms with Crippen molar-refractivity contribution in [1.29, 1.82) is 0 Å². The Balaban J connectivity index is 1.30.